The van der Waals surface area contributed by atoms with Gasteiger partial charge in [0.2, 0.25) is 0 Å². The van der Waals surface area contributed by atoms with Gasteiger partial charge in [-0.15, -0.1) is 0 Å². The Morgan fingerprint density at radius 2 is 2.31 bits per heavy atom. The largest absolute Gasteiger partial charge is 0.388 e. The SMILES string of the molecule is N#Cc1c(-c2cccc(NO)c2)nsc1N. The Morgan fingerprint density at radius 1 is 1.50 bits per heavy atom. The lowest BCUT2D eigenvalue weighted by atomic mass is 10.1. The van der Waals surface area contributed by atoms with Crippen molar-refractivity contribution in [1.82, 2.24) is 4.37 Å². The molecule has 0 unspecified atom stereocenters. The van der Waals surface area contributed by atoms with E-state index in [1.807, 2.05) is 11.5 Å². The summed E-state index contributed by atoms with van der Waals surface area (Å²) in [7, 11) is 0. The Kier molecular flexibility index (Phi) is 2.72. The number of rotatable bonds is 2. The Morgan fingerprint density at radius 3 is 3.00 bits per heavy atom. The lowest BCUT2D eigenvalue weighted by Gasteiger charge is -2.01. The van der Waals surface area contributed by atoms with E-state index in [1.54, 1.807) is 24.3 Å². The number of hydrogen-bond acceptors (Lipinski definition) is 6. The summed E-state index contributed by atoms with van der Waals surface area (Å²) in [5.74, 6) is 0. The van der Waals surface area contributed by atoms with Crippen molar-refractivity contribution in [2.75, 3.05) is 11.2 Å². The van der Waals surface area contributed by atoms with Gasteiger partial charge in [0.1, 0.15) is 22.3 Å². The average molecular weight is 232 g/mol. The fourth-order valence-electron chi connectivity index (χ4n) is 1.34. The van der Waals surface area contributed by atoms with Crippen LogP contribution in [0.1, 0.15) is 5.56 Å². The van der Waals surface area contributed by atoms with Crippen LogP contribution in [0.5, 0.6) is 0 Å². The van der Waals surface area contributed by atoms with Crippen LogP contribution in [-0.2, 0) is 0 Å². The van der Waals surface area contributed by atoms with E-state index in [0.717, 1.165) is 17.1 Å². The zero-order chi connectivity index (χ0) is 11.5. The Balaban J connectivity index is 2.55. The molecule has 0 fully saturated rings. The molecule has 2 aromatic rings. The van der Waals surface area contributed by atoms with Crippen LogP contribution in [0.15, 0.2) is 24.3 Å². The Labute approximate surface area is 95.9 Å². The van der Waals surface area contributed by atoms with Crippen molar-refractivity contribution in [3.05, 3.63) is 29.8 Å². The molecule has 0 amide bonds. The van der Waals surface area contributed by atoms with Gasteiger partial charge in [-0.05, 0) is 23.7 Å². The summed E-state index contributed by atoms with van der Waals surface area (Å²) >= 11 is 1.09. The predicted molar refractivity (Wildman–Crippen MR) is 62.1 cm³/mol. The van der Waals surface area contributed by atoms with E-state index in [0.29, 0.717) is 21.9 Å². The molecular formula is C10H8N4OS. The molecule has 1 heterocycles. The normalized spacial score (nSPS) is 9.75. The highest BCUT2D eigenvalue weighted by atomic mass is 32.1. The Hall–Kier alpha value is -2.10. The minimum atomic E-state index is 0.375. The minimum absolute atomic E-state index is 0.375. The molecule has 6 heteroatoms. The molecule has 0 aliphatic heterocycles. The van der Waals surface area contributed by atoms with E-state index in [2.05, 4.69) is 4.37 Å². The number of aromatic nitrogens is 1. The third-order valence-electron chi connectivity index (χ3n) is 2.10. The van der Waals surface area contributed by atoms with Gasteiger partial charge in [0.15, 0.2) is 0 Å². The van der Waals surface area contributed by atoms with Gasteiger partial charge >= 0.3 is 0 Å². The number of hydrogen-bond donors (Lipinski definition) is 3. The minimum Gasteiger partial charge on any atom is -0.388 e. The van der Waals surface area contributed by atoms with Crippen molar-refractivity contribution >= 4 is 22.2 Å². The smallest absolute Gasteiger partial charge is 0.125 e. The molecule has 1 aromatic heterocycles. The summed E-state index contributed by atoms with van der Waals surface area (Å²) in [6.07, 6.45) is 0. The second-order valence-electron chi connectivity index (χ2n) is 3.07. The highest BCUT2D eigenvalue weighted by Crippen LogP contribution is 2.30. The maximum atomic E-state index is 8.95. The van der Waals surface area contributed by atoms with Crippen molar-refractivity contribution in [2.45, 2.75) is 0 Å². The molecule has 0 radical (unpaired) electrons. The molecule has 2 rings (SSSR count). The van der Waals surface area contributed by atoms with E-state index in [-0.39, 0.29) is 0 Å². The van der Waals surface area contributed by atoms with Gasteiger partial charge in [0.05, 0.1) is 5.69 Å². The summed E-state index contributed by atoms with van der Waals surface area (Å²) in [6, 6.07) is 8.97. The third kappa shape index (κ3) is 1.69. The molecule has 5 nitrogen and oxygen atoms in total. The van der Waals surface area contributed by atoms with Gasteiger partial charge in [-0.2, -0.15) is 9.64 Å². The van der Waals surface area contributed by atoms with E-state index < -0.39 is 0 Å². The number of nitrogens with zero attached hydrogens (tertiary/aromatic N) is 2. The van der Waals surface area contributed by atoms with E-state index >= 15 is 0 Å². The van der Waals surface area contributed by atoms with Crippen molar-refractivity contribution in [1.29, 1.82) is 5.26 Å². The maximum Gasteiger partial charge on any atom is 0.125 e. The highest BCUT2D eigenvalue weighted by Gasteiger charge is 2.12. The first-order chi connectivity index (χ1) is 7.76. The third-order valence-corrected chi connectivity index (χ3v) is 2.77. The van der Waals surface area contributed by atoms with E-state index in [9.17, 15) is 0 Å². The molecular weight excluding hydrogens is 224 g/mol. The maximum absolute atomic E-state index is 8.95. The van der Waals surface area contributed by atoms with Crippen LogP contribution in [0.4, 0.5) is 10.7 Å². The number of nitriles is 1. The summed E-state index contributed by atoms with van der Waals surface area (Å²) in [6.45, 7) is 0. The zero-order valence-electron chi connectivity index (χ0n) is 8.14. The molecule has 0 atom stereocenters. The second kappa shape index (κ2) is 4.18. The monoisotopic (exact) mass is 232 g/mol. The zero-order valence-corrected chi connectivity index (χ0v) is 8.95. The topological polar surface area (TPSA) is 95.0 Å². The highest BCUT2D eigenvalue weighted by molar-refractivity contribution is 7.10. The fraction of sp³-hybridized carbons (Fsp3) is 0. The molecule has 0 aliphatic rings. The predicted octanol–water partition coefficient (Wildman–Crippen LogP) is 2.07. The first-order valence-corrected chi connectivity index (χ1v) is 5.19. The van der Waals surface area contributed by atoms with E-state index in [1.165, 1.54) is 0 Å². The number of benzene rings is 1. The molecule has 0 bridgehead atoms. The standard InChI is InChI=1S/C10H8N4OS/c11-5-8-9(14-16-10(8)12)6-2-1-3-7(4-6)13-15/h1-4,13,15H,12H2. The van der Waals surface area contributed by atoms with Crippen LogP contribution in [-0.4, -0.2) is 9.58 Å². The summed E-state index contributed by atoms with van der Waals surface area (Å²) in [5.41, 5.74) is 9.86. The molecule has 0 spiro atoms. The fourth-order valence-corrected chi connectivity index (χ4v) is 1.96. The van der Waals surface area contributed by atoms with Gasteiger partial charge < -0.3 is 5.73 Å². The number of nitrogen functional groups attached to an aromatic ring is 1. The van der Waals surface area contributed by atoms with Crippen molar-refractivity contribution in [3.63, 3.8) is 0 Å². The van der Waals surface area contributed by atoms with Gasteiger partial charge in [-0.25, -0.2) is 0 Å². The molecule has 0 aliphatic carbocycles. The van der Waals surface area contributed by atoms with Crippen molar-refractivity contribution < 1.29 is 5.21 Å². The molecule has 0 saturated carbocycles. The van der Waals surface area contributed by atoms with Gasteiger partial charge in [0.25, 0.3) is 0 Å². The molecule has 0 saturated heterocycles. The van der Waals surface area contributed by atoms with Crippen LogP contribution in [0.3, 0.4) is 0 Å². The quantitative estimate of drug-likeness (QED) is 0.689. The van der Waals surface area contributed by atoms with Crippen molar-refractivity contribution in [2.24, 2.45) is 0 Å². The van der Waals surface area contributed by atoms with Gasteiger partial charge in [-0.1, -0.05) is 12.1 Å². The second-order valence-corrected chi connectivity index (χ2v) is 3.88. The first-order valence-electron chi connectivity index (χ1n) is 4.42. The van der Waals surface area contributed by atoms with Gasteiger partial charge in [0, 0.05) is 5.56 Å². The summed E-state index contributed by atoms with van der Waals surface area (Å²) in [5, 5.41) is 18.1. The van der Waals surface area contributed by atoms with Crippen molar-refractivity contribution in [3.8, 4) is 17.3 Å². The lowest BCUT2D eigenvalue weighted by Crippen LogP contribution is -1.90. The summed E-state index contributed by atoms with van der Waals surface area (Å²) in [4.78, 5) is 0. The number of nitrogens with one attached hydrogen (secondary N) is 1. The van der Waals surface area contributed by atoms with Crippen LogP contribution in [0.2, 0.25) is 0 Å². The van der Waals surface area contributed by atoms with Gasteiger partial charge in [-0.3, -0.25) is 10.7 Å². The molecule has 1 aromatic carbocycles. The van der Waals surface area contributed by atoms with Crippen LogP contribution >= 0.6 is 11.5 Å². The number of anilines is 2. The number of nitrogens with two attached hydrogens (primary N) is 1. The lowest BCUT2D eigenvalue weighted by molar-refractivity contribution is 0.389. The van der Waals surface area contributed by atoms with Crippen LogP contribution in [0, 0.1) is 11.3 Å². The summed E-state index contributed by atoms with van der Waals surface area (Å²) < 4.78 is 4.12. The first kappa shape index (κ1) is 10.4. The van der Waals surface area contributed by atoms with E-state index in [4.69, 9.17) is 16.2 Å². The Bertz CT molecular complexity index is 558. The molecule has 16 heavy (non-hydrogen) atoms. The van der Waals surface area contributed by atoms with Crippen LogP contribution in [0.25, 0.3) is 11.3 Å². The average Bonchev–Trinajstić information content (AvgIpc) is 2.70. The molecule has 4 N–H and O–H groups in total. The van der Waals surface area contributed by atoms with Crippen LogP contribution < -0.4 is 11.2 Å². The molecule has 80 valence electrons.